The summed E-state index contributed by atoms with van der Waals surface area (Å²) < 4.78 is 9.22. The lowest BCUT2D eigenvalue weighted by Gasteiger charge is -2.15. The Bertz CT molecular complexity index is 651. The highest BCUT2D eigenvalue weighted by Gasteiger charge is 2.13. The molecule has 2 rings (SSSR count). The number of carbonyl (C=O) groups is 2. The van der Waals surface area contributed by atoms with E-state index < -0.39 is 11.9 Å². The molecule has 7 heteroatoms. The van der Waals surface area contributed by atoms with Gasteiger partial charge in [-0.2, -0.15) is 5.01 Å². The summed E-state index contributed by atoms with van der Waals surface area (Å²) in [7, 11) is 2.58. The van der Waals surface area contributed by atoms with Crippen LogP contribution in [0.2, 0.25) is 0 Å². The third kappa shape index (κ3) is 3.52. The van der Waals surface area contributed by atoms with Crippen LogP contribution in [0.15, 0.2) is 53.8 Å². The maximum absolute atomic E-state index is 11.4. The Morgan fingerprint density at radius 3 is 1.39 bits per heavy atom. The van der Waals surface area contributed by atoms with Gasteiger partial charge in [0.05, 0.1) is 42.0 Å². The van der Waals surface area contributed by atoms with E-state index in [2.05, 4.69) is 14.8 Å². The number of carbonyl (C=O) groups excluding carboxylic acids is 2. The molecule has 0 spiro atoms. The van der Waals surface area contributed by atoms with E-state index in [9.17, 15) is 14.5 Å². The molecule has 0 amide bonds. The lowest BCUT2D eigenvalue weighted by Crippen LogP contribution is -2.09. The molecular weight excluding hydrogens is 300 g/mol. The van der Waals surface area contributed by atoms with Crippen molar-refractivity contribution >= 4 is 23.3 Å². The average molecular weight is 314 g/mol. The number of ether oxygens (including phenoxy) is 2. The summed E-state index contributed by atoms with van der Waals surface area (Å²) in [6.07, 6.45) is 0. The van der Waals surface area contributed by atoms with E-state index in [1.807, 2.05) is 0 Å². The Balaban J connectivity index is 2.27. The summed E-state index contributed by atoms with van der Waals surface area (Å²) in [6.45, 7) is 0. The third-order valence-corrected chi connectivity index (χ3v) is 3.15. The second-order valence-corrected chi connectivity index (χ2v) is 4.47. The lowest BCUT2D eigenvalue weighted by molar-refractivity contribution is 0.0592. The van der Waals surface area contributed by atoms with Crippen molar-refractivity contribution in [2.45, 2.75) is 0 Å². The predicted molar refractivity (Wildman–Crippen MR) is 83.5 cm³/mol. The first kappa shape index (κ1) is 16.2. The van der Waals surface area contributed by atoms with E-state index in [0.29, 0.717) is 22.5 Å². The van der Waals surface area contributed by atoms with E-state index >= 15 is 0 Å². The summed E-state index contributed by atoms with van der Waals surface area (Å²) in [5, 5.41) is 4.11. The predicted octanol–water partition coefficient (Wildman–Crippen LogP) is 3.08. The molecule has 0 saturated heterocycles. The molecular formula is C16H14N2O5. The molecule has 0 radical (unpaired) electrons. The zero-order chi connectivity index (χ0) is 16.8. The number of hydrogen-bond acceptors (Lipinski definition) is 6. The topological polar surface area (TPSA) is 85.3 Å². The van der Waals surface area contributed by atoms with Crippen molar-refractivity contribution in [1.82, 2.24) is 0 Å². The molecule has 2 aromatic carbocycles. The van der Waals surface area contributed by atoms with Gasteiger partial charge in [0, 0.05) is 0 Å². The molecule has 2 aromatic rings. The van der Waals surface area contributed by atoms with Gasteiger partial charge >= 0.3 is 11.9 Å². The molecule has 23 heavy (non-hydrogen) atoms. The Morgan fingerprint density at radius 2 is 1.13 bits per heavy atom. The normalized spacial score (nSPS) is 9.83. The van der Waals surface area contributed by atoms with Crippen LogP contribution in [0.25, 0.3) is 0 Å². The van der Waals surface area contributed by atoms with E-state index in [1.165, 1.54) is 38.5 Å². The van der Waals surface area contributed by atoms with Crippen molar-refractivity contribution in [2.75, 3.05) is 19.2 Å². The van der Waals surface area contributed by atoms with Crippen LogP contribution in [0.4, 0.5) is 11.4 Å². The first-order valence-corrected chi connectivity index (χ1v) is 6.61. The van der Waals surface area contributed by atoms with Gasteiger partial charge in [0.25, 0.3) is 0 Å². The molecule has 0 aromatic heterocycles. The molecule has 0 unspecified atom stereocenters. The van der Waals surface area contributed by atoms with E-state index in [4.69, 9.17) is 0 Å². The molecule has 0 aliphatic heterocycles. The molecule has 0 heterocycles. The fraction of sp³-hybridized carbons (Fsp3) is 0.125. The van der Waals surface area contributed by atoms with E-state index in [-0.39, 0.29) is 0 Å². The molecule has 0 fully saturated rings. The van der Waals surface area contributed by atoms with E-state index in [0.717, 1.165) is 5.01 Å². The number of methoxy groups -OCH3 is 2. The van der Waals surface area contributed by atoms with E-state index in [1.54, 1.807) is 24.3 Å². The molecule has 0 N–H and O–H groups in total. The Morgan fingerprint density at radius 1 is 0.783 bits per heavy atom. The highest BCUT2D eigenvalue weighted by atomic mass is 16.5. The number of esters is 2. The molecule has 0 aliphatic rings. The lowest BCUT2D eigenvalue weighted by atomic mass is 10.1. The largest absolute Gasteiger partial charge is 0.465 e. The number of nitroso groups, excluding NO2 is 1. The van der Waals surface area contributed by atoms with Gasteiger partial charge in [0.2, 0.25) is 0 Å². The second-order valence-electron chi connectivity index (χ2n) is 4.47. The SMILES string of the molecule is COC(=O)c1ccc(N(N=O)c2ccc(C(=O)OC)cc2)cc1. The Labute approximate surface area is 132 Å². The molecule has 0 atom stereocenters. The standard InChI is InChI=1S/C16H14N2O5/c1-22-15(19)11-3-7-13(8-4-11)18(17-21)14-9-5-12(6-10-14)16(20)23-2/h3-10H,1-2H3. The van der Waals surface area contributed by atoms with Gasteiger partial charge in [-0.25, -0.2) is 9.59 Å². The van der Waals surface area contributed by atoms with Crippen LogP contribution in [0.3, 0.4) is 0 Å². The summed E-state index contributed by atoms with van der Waals surface area (Å²) in [6, 6.07) is 12.4. The Hall–Kier alpha value is -3.22. The summed E-state index contributed by atoms with van der Waals surface area (Å²) in [5.74, 6) is -0.936. The first-order valence-electron chi connectivity index (χ1n) is 6.61. The summed E-state index contributed by atoms with van der Waals surface area (Å²) in [5.41, 5.74) is 1.67. The van der Waals surface area contributed by atoms with Gasteiger partial charge < -0.3 is 9.47 Å². The summed E-state index contributed by atoms with van der Waals surface area (Å²) >= 11 is 0. The van der Waals surface area contributed by atoms with Crippen LogP contribution in [-0.2, 0) is 9.47 Å². The first-order chi connectivity index (χ1) is 11.1. The third-order valence-electron chi connectivity index (χ3n) is 3.15. The second kappa shape index (κ2) is 7.17. The van der Waals surface area contributed by atoms with Crippen LogP contribution in [0.5, 0.6) is 0 Å². The fourth-order valence-corrected chi connectivity index (χ4v) is 1.96. The maximum atomic E-state index is 11.4. The van der Waals surface area contributed by atoms with Crippen LogP contribution in [0, 0.1) is 4.91 Å². The van der Waals surface area contributed by atoms with Crippen molar-refractivity contribution in [1.29, 1.82) is 0 Å². The van der Waals surface area contributed by atoms with Crippen LogP contribution in [0.1, 0.15) is 20.7 Å². The number of rotatable bonds is 5. The van der Waals surface area contributed by atoms with Crippen molar-refractivity contribution in [2.24, 2.45) is 5.29 Å². The Kier molecular flexibility index (Phi) is 5.03. The minimum absolute atomic E-state index is 0.364. The molecule has 0 bridgehead atoms. The van der Waals surface area contributed by atoms with Gasteiger partial charge in [-0.05, 0) is 48.5 Å². The number of anilines is 2. The number of hydrogen-bond donors (Lipinski definition) is 0. The smallest absolute Gasteiger partial charge is 0.337 e. The van der Waals surface area contributed by atoms with Crippen LogP contribution >= 0.6 is 0 Å². The molecule has 0 aliphatic carbocycles. The van der Waals surface area contributed by atoms with Gasteiger partial charge in [-0.1, -0.05) is 0 Å². The number of nitrogens with zero attached hydrogens (tertiary/aromatic N) is 2. The monoisotopic (exact) mass is 314 g/mol. The molecule has 0 saturated carbocycles. The highest BCUT2D eigenvalue weighted by molar-refractivity contribution is 5.90. The van der Waals surface area contributed by atoms with Crippen LogP contribution < -0.4 is 5.01 Å². The average Bonchev–Trinajstić information content (AvgIpc) is 2.62. The van der Waals surface area contributed by atoms with Gasteiger partial charge in [0.15, 0.2) is 0 Å². The van der Waals surface area contributed by atoms with Gasteiger partial charge in [0.1, 0.15) is 0 Å². The maximum Gasteiger partial charge on any atom is 0.337 e. The van der Waals surface area contributed by atoms with Crippen molar-refractivity contribution in [3.8, 4) is 0 Å². The quantitative estimate of drug-likeness (QED) is 0.479. The van der Waals surface area contributed by atoms with Crippen molar-refractivity contribution in [3.05, 3.63) is 64.6 Å². The fourth-order valence-electron chi connectivity index (χ4n) is 1.96. The zero-order valence-corrected chi connectivity index (χ0v) is 12.6. The van der Waals surface area contributed by atoms with Crippen molar-refractivity contribution in [3.63, 3.8) is 0 Å². The molecule has 7 nitrogen and oxygen atoms in total. The summed E-state index contributed by atoms with van der Waals surface area (Å²) in [4.78, 5) is 33.9. The van der Waals surface area contributed by atoms with Crippen molar-refractivity contribution < 1.29 is 19.1 Å². The highest BCUT2D eigenvalue weighted by Crippen LogP contribution is 2.26. The minimum atomic E-state index is -0.468. The van der Waals surface area contributed by atoms with Gasteiger partial charge in [-0.3, -0.25) is 0 Å². The zero-order valence-electron chi connectivity index (χ0n) is 12.6. The van der Waals surface area contributed by atoms with Gasteiger partial charge in [-0.15, -0.1) is 4.91 Å². The van der Waals surface area contributed by atoms with Crippen LogP contribution in [-0.4, -0.2) is 26.2 Å². The number of benzene rings is 2. The molecule has 118 valence electrons. The minimum Gasteiger partial charge on any atom is -0.465 e.